The monoisotopic (exact) mass is 325 g/mol. The normalized spacial score (nSPS) is 30.6. The van der Waals surface area contributed by atoms with Gasteiger partial charge in [0.25, 0.3) is 5.91 Å². The van der Waals surface area contributed by atoms with E-state index in [1.807, 2.05) is 7.05 Å². The number of nitrogens with zero attached hydrogens (tertiary/aromatic N) is 2. The third-order valence-electron chi connectivity index (χ3n) is 4.79. The molecule has 1 aromatic rings. The van der Waals surface area contributed by atoms with Crippen LogP contribution in [0.4, 0.5) is 0 Å². The van der Waals surface area contributed by atoms with Crippen molar-refractivity contribution in [3.05, 3.63) is 16.4 Å². The van der Waals surface area contributed by atoms with Crippen LogP contribution in [-0.2, 0) is 7.05 Å². The van der Waals surface area contributed by atoms with Crippen molar-refractivity contribution in [2.45, 2.75) is 38.6 Å². The Balaban J connectivity index is 1.65. The van der Waals surface area contributed by atoms with Crippen molar-refractivity contribution in [3.63, 3.8) is 0 Å². The Morgan fingerprint density at radius 3 is 2.84 bits per heavy atom. The summed E-state index contributed by atoms with van der Waals surface area (Å²) in [6, 6.07) is 0.247. The van der Waals surface area contributed by atoms with Crippen molar-refractivity contribution in [1.82, 2.24) is 15.1 Å². The topological polar surface area (TPSA) is 46.9 Å². The second-order valence-corrected chi connectivity index (χ2v) is 6.95. The summed E-state index contributed by atoms with van der Waals surface area (Å²) in [5.74, 6) is 2.33. The maximum Gasteiger partial charge on any atom is 0.273 e. The second-order valence-electron chi connectivity index (χ2n) is 6.10. The van der Waals surface area contributed by atoms with Gasteiger partial charge in [-0.1, -0.05) is 6.42 Å². The van der Waals surface area contributed by atoms with Crippen LogP contribution in [0, 0.1) is 17.8 Å². The molecule has 4 atom stereocenters. The zero-order valence-corrected chi connectivity index (χ0v) is 13.0. The second kappa shape index (κ2) is 4.93. The first-order valence-corrected chi connectivity index (χ1v) is 7.84. The molecular weight excluding hydrogens is 306 g/mol. The number of carbonyl (C=O) groups is 1. The molecule has 2 bridgehead atoms. The molecule has 0 unspecified atom stereocenters. The summed E-state index contributed by atoms with van der Waals surface area (Å²) in [5, 5.41) is 7.33. The number of hydrogen-bond acceptors (Lipinski definition) is 2. The van der Waals surface area contributed by atoms with Crippen LogP contribution in [0.15, 0.2) is 10.7 Å². The first kappa shape index (κ1) is 13.2. The van der Waals surface area contributed by atoms with Crippen molar-refractivity contribution in [2.75, 3.05) is 0 Å². The van der Waals surface area contributed by atoms with E-state index in [0.29, 0.717) is 11.6 Å². The van der Waals surface area contributed by atoms with Gasteiger partial charge in [-0.3, -0.25) is 9.48 Å². The zero-order chi connectivity index (χ0) is 13.6. The Bertz CT molecular complexity index is 499. The largest absolute Gasteiger partial charge is 0.348 e. The minimum Gasteiger partial charge on any atom is -0.348 e. The van der Waals surface area contributed by atoms with Gasteiger partial charge < -0.3 is 5.32 Å². The van der Waals surface area contributed by atoms with E-state index < -0.39 is 0 Å². The van der Waals surface area contributed by atoms with Gasteiger partial charge in [0.05, 0.1) is 4.47 Å². The van der Waals surface area contributed by atoms with Gasteiger partial charge in [-0.15, -0.1) is 0 Å². The molecule has 0 saturated heterocycles. The van der Waals surface area contributed by atoms with Gasteiger partial charge in [-0.2, -0.15) is 5.10 Å². The van der Waals surface area contributed by atoms with Gasteiger partial charge in [0.2, 0.25) is 0 Å². The predicted octanol–water partition coefficient (Wildman–Crippen LogP) is 2.74. The van der Waals surface area contributed by atoms with Gasteiger partial charge in [0, 0.05) is 19.3 Å². The van der Waals surface area contributed by atoms with E-state index in [-0.39, 0.29) is 11.9 Å². The zero-order valence-electron chi connectivity index (χ0n) is 11.4. The fourth-order valence-corrected chi connectivity index (χ4v) is 4.46. The van der Waals surface area contributed by atoms with E-state index >= 15 is 0 Å². The Morgan fingerprint density at radius 2 is 2.32 bits per heavy atom. The molecule has 1 heterocycles. The molecule has 3 rings (SSSR count). The molecule has 1 aromatic heterocycles. The lowest BCUT2D eigenvalue weighted by atomic mass is 9.84. The number of hydrogen-bond donors (Lipinski definition) is 1. The molecule has 0 radical (unpaired) electrons. The summed E-state index contributed by atoms with van der Waals surface area (Å²) >= 11 is 3.38. The molecule has 2 fully saturated rings. The highest BCUT2D eigenvalue weighted by molar-refractivity contribution is 9.10. The molecule has 19 heavy (non-hydrogen) atoms. The molecule has 0 spiro atoms. The molecule has 2 saturated carbocycles. The predicted molar refractivity (Wildman–Crippen MR) is 76.8 cm³/mol. The molecule has 104 valence electrons. The summed E-state index contributed by atoms with van der Waals surface area (Å²) in [4.78, 5) is 12.2. The van der Waals surface area contributed by atoms with Crippen molar-refractivity contribution in [2.24, 2.45) is 24.8 Å². The third-order valence-corrected chi connectivity index (χ3v) is 5.37. The first-order chi connectivity index (χ1) is 9.04. The lowest BCUT2D eigenvalue weighted by Gasteiger charge is -2.28. The highest BCUT2D eigenvalue weighted by Gasteiger charge is 2.42. The maximum absolute atomic E-state index is 12.2. The van der Waals surface area contributed by atoms with Crippen LogP contribution in [0.1, 0.15) is 43.1 Å². The smallest absolute Gasteiger partial charge is 0.273 e. The maximum atomic E-state index is 12.2. The molecule has 2 aliphatic carbocycles. The average molecular weight is 326 g/mol. The van der Waals surface area contributed by atoms with Crippen molar-refractivity contribution in [3.8, 4) is 0 Å². The van der Waals surface area contributed by atoms with E-state index in [2.05, 4.69) is 33.3 Å². The number of halogens is 1. The minimum absolute atomic E-state index is 0.0669. The van der Waals surface area contributed by atoms with Gasteiger partial charge >= 0.3 is 0 Å². The number of fused-ring (bicyclic) bond motifs is 2. The van der Waals surface area contributed by atoms with E-state index in [9.17, 15) is 4.79 Å². The third kappa shape index (κ3) is 2.45. The van der Waals surface area contributed by atoms with Gasteiger partial charge in [-0.05, 0) is 59.9 Å². The molecule has 0 aliphatic heterocycles. The van der Waals surface area contributed by atoms with Crippen LogP contribution in [-0.4, -0.2) is 21.7 Å². The van der Waals surface area contributed by atoms with Crippen LogP contribution in [0.5, 0.6) is 0 Å². The summed E-state index contributed by atoms with van der Waals surface area (Å²) in [6.07, 6.45) is 7.21. The number of carbonyl (C=O) groups excluding carboxylic acids is 1. The number of amides is 1. The van der Waals surface area contributed by atoms with Gasteiger partial charge in [0.1, 0.15) is 0 Å². The van der Waals surface area contributed by atoms with E-state index in [1.54, 1.807) is 10.9 Å². The minimum atomic E-state index is -0.0669. The first-order valence-electron chi connectivity index (χ1n) is 7.04. The lowest BCUT2D eigenvalue weighted by molar-refractivity contribution is 0.0908. The average Bonchev–Trinajstić information content (AvgIpc) is 3.03. The van der Waals surface area contributed by atoms with Crippen LogP contribution in [0.3, 0.4) is 0 Å². The molecule has 1 amide bonds. The highest BCUT2D eigenvalue weighted by atomic mass is 79.9. The fourth-order valence-electron chi connectivity index (χ4n) is 3.90. The van der Waals surface area contributed by atoms with Gasteiger partial charge in [0.15, 0.2) is 5.69 Å². The van der Waals surface area contributed by atoms with Crippen LogP contribution >= 0.6 is 15.9 Å². The quantitative estimate of drug-likeness (QED) is 0.928. The molecular formula is C14H20BrN3O. The Kier molecular flexibility index (Phi) is 3.41. The Labute approximate surface area is 122 Å². The molecule has 2 aliphatic rings. The lowest BCUT2D eigenvalue weighted by Crippen LogP contribution is -2.40. The van der Waals surface area contributed by atoms with Crippen LogP contribution < -0.4 is 5.32 Å². The van der Waals surface area contributed by atoms with E-state index in [1.165, 1.54) is 25.7 Å². The summed E-state index contributed by atoms with van der Waals surface area (Å²) < 4.78 is 2.41. The SMILES string of the molecule is C[C@@H](NC(=O)c1nn(C)cc1Br)[C@@H]1C[C@@H]2CC[C@@H]1C2. The van der Waals surface area contributed by atoms with Crippen LogP contribution in [0.2, 0.25) is 0 Å². The number of aromatic nitrogens is 2. The summed E-state index contributed by atoms with van der Waals surface area (Å²) in [5.41, 5.74) is 0.484. The standard InChI is InChI=1S/C14H20BrN3O/c1-8(11-6-9-3-4-10(11)5-9)16-14(19)13-12(15)7-18(2)17-13/h7-11H,3-6H2,1-2H3,(H,16,19)/t8-,9-,10-,11+/m1/s1. The highest BCUT2D eigenvalue weighted by Crippen LogP contribution is 2.49. The molecule has 1 N–H and O–H groups in total. The van der Waals surface area contributed by atoms with E-state index in [0.717, 1.165) is 16.3 Å². The molecule has 4 nitrogen and oxygen atoms in total. The van der Waals surface area contributed by atoms with Gasteiger partial charge in [-0.25, -0.2) is 0 Å². The number of nitrogens with one attached hydrogen (secondary N) is 1. The summed E-state index contributed by atoms with van der Waals surface area (Å²) in [6.45, 7) is 2.14. The van der Waals surface area contributed by atoms with E-state index in [4.69, 9.17) is 0 Å². The van der Waals surface area contributed by atoms with Crippen molar-refractivity contribution in [1.29, 1.82) is 0 Å². The molecule has 5 heteroatoms. The number of rotatable bonds is 3. The Hall–Kier alpha value is -0.840. The number of aryl methyl sites for hydroxylation is 1. The van der Waals surface area contributed by atoms with Crippen molar-refractivity contribution >= 4 is 21.8 Å². The van der Waals surface area contributed by atoms with Crippen molar-refractivity contribution < 1.29 is 4.79 Å². The van der Waals surface area contributed by atoms with Crippen LogP contribution in [0.25, 0.3) is 0 Å². The summed E-state index contributed by atoms with van der Waals surface area (Å²) in [7, 11) is 1.82. The Morgan fingerprint density at radius 1 is 1.53 bits per heavy atom. The molecule has 0 aromatic carbocycles. The fraction of sp³-hybridized carbons (Fsp3) is 0.714.